The Bertz CT molecular complexity index is 598. The number of hydrogen-bond acceptors (Lipinski definition) is 7. The molecule has 0 aliphatic heterocycles. The fourth-order valence-electron chi connectivity index (χ4n) is 2.59. The van der Waals surface area contributed by atoms with Crippen molar-refractivity contribution in [2.45, 2.75) is 58.0 Å². The van der Waals surface area contributed by atoms with Crippen LogP contribution in [0.2, 0.25) is 0 Å². The molecule has 4 N–H and O–H groups in total. The van der Waals surface area contributed by atoms with E-state index in [1.807, 2.05) is 0 Å². The fourth-order valence-corrected chi connectivity index (χ4v) is 2.59. The van der Waals surface area contributed by atoms with Crippen molar-refractivity contribution in [3.8, 4) is 11.5 Å². The molecular formula is C19H28O7. The van der Waals surface area contributed by atoms with Crippen LogP contribution >= 0.6 is 0 Å². The smallest absolute Gasteiger partial charge is 0.310 e. The van der Waals surface area contributed by atoms with Crippen LogP contribution in [0.15, 0.2) is 12.1 Å². The molecule has 1 aromatic carbocycles. The number of rotatable bonds is 12. The van der Waals surface area contributed by atoms with Crippen LogP contribution in [0.4, 0.5) is 0 Å². The Morgan fingerprint density at radius 3 is 2.46 bits per heavy atom. The number of phenols is 2. The molecule has 0 spiro atoms. The maximum atomic E-state index is 12.5. The van der Waals surface area contributed by atoms with E-state index in [9.17, 15) is 24.9 Å². The molecule has 1 aromatic rings. The van der Waals surface area contributed by atoms with Crippen LogP contribution in [-0.2, 0) is 16.0 Å². The fraction of sp³-hybridized carbons (Fsp3) is 0.579. The van der Waals surface area contributed by atoms with Gasteiger partial charge in [-0.2, -0.15) is 0 Å². The number of benzene rings is 1. The Morgan fingerprint density at radius 2 is 1.81 bits per heavy atom. The number of carbonyl (C=O) groups excluding carboxylic acids is 2. The third-order valence-electron chi connectivity index (χ3n) is 3.95. The van der Waals surface area contributed by atoms with E-state index in [0.29, 0.717) is 6.42 Å². The minimum atomic E-state index is -1.18. The molecule has 1 atom stereocenters. The lowest BCUT2D eigenvalue weighted by Crippen LogP contribution is -2.23. The monoisotopic (exact) mass is 368 g/mol. The van der Waals surface area contributed by atoms with Crippen molar-refractivity contribution in [1.82, 2.24) is 0 Å². The molecule has 0 saturated heterocycles. The van der Waals surface area contributed by atoms with Crippen LogP contribution in [0.25, 0.3) is 0 Å². The molecule has 0 aliphatic carbocycles. The standard InChI is InChI=1S/C19H28O7/c1-2-3-4-5-6-7-16(23)19-13(8-14(21)10-17(19)24)9-18(25)26-12-15(22)11-20/h8,10,15,20-22,24H,2-7,9,11-12H2,1H3. The van der Waals surface area contributed by atoms with Crippen LogP contribution in [0.5, 0.6) is 11.5 Å². The summed E-state index contributed by atoms with van der Waals surface area (Å²) in [6.07, 6.45) is 3.57. The highest BCUT2D eigenvalue weighted by Crippen LogP contribution is 2.29. The number of ether oxygens (including phenoxy) is 1. The molecule has 1 rings (SSSR count). The highest BCUT2D eigenvalue weighted by Gasteiger charge is 2.20. The van der Waals surface area contributed by atoms with Crippen molar-refractivity contribution in [3.63, 3.8) is 0 Å². The Hall–Kier alpha value is -2.12. The van der Waals surface area contributed by atoms with Gasteiger partial charge in [-0.1, -0.05) is 32.6 Å². The molecule has 0 heterocycles. The highest BCUT2D eigenvalue weighted by atomic mass is 16.5. The number of phenolic OH excluding ortho intramolecular Hbond substituents is 2. The number of aliphatic hydroxyl groups is 2. The first-order valence-corrected chi connectivity index (χ1v) is 8.91. The van der Waals surface area contributed by atoms with E-state index >= 15 is 0 Å². The number of carbonyl (C=O) groups is 2. The lowest BCUT2D eigenvalue weighted by molar-refractivity contribution is -0.146. The number of ketones is 1. The van der Waals surface area contributed by atoms with Crippen molar-refractivity contribution in [2.24, 2.45) is 0 Å². The van der Waals surface area contributed by atoms with Gasteiger partial charge >= 0.3 is 5.97 Å². The molecule has 0 radical (unpaired) electrons. The molecule has 0 aromatic heterocycles. The summed E-state index contributed by atoms with van der Waals surface area (Å²) in [5.74, 6) is -1.67. The Kier molecular flexibility index (Phi) is 9.69. The van der Waals surface area contributed by atoms with Crippen molar-refractivity contribution in [3.05, 3.63) is 23.3 Å². The Morgan fingerprint density at radius 1 is 1.12 bits per heavy atom. The topological polar surface area (TPSA) is 124 Å². The summed E-state index contributed by atoms with van der Waals surface area (Å²) in [5.41, 5.74) is 0.183. The summed E-state index contributed by atoms with van der Waals surface area (Å²) in [7, 11) is 0. The van der Waals surface area contributed by atoms with E-state index < -0.39 is 18.7 Å². The second-order valence-corrected chi connectivity index (χ2v) is 6.28. The van der Waals surface area contributed by atoms with Gasteiger partial charge in [-0.25, -0.2) is 0 Å². The van der Waals surface area contributed by atoms with E-state index in [0.717, 1.165) is 31.7 Å². The zero-order valence-corrected chi connectivity index (χ0v) is 15.1. The average molecular weight is 368 g/mol. The van der Waals surface area contributed by atoms with Gasteiger partial charge in [-0.05, 0) is 18.1 Å². The number of Topliss-reactive ketones (excluding diaryl/α,β-unsaturated/α-hetero) is 1. The molecule has 7 heteroatoms. The van der Waals surface area contributed by atoms with Gasteiger partial charge in [0, 0.05) is 12.5 Å². The summed E-state index contributed by atoms with van der Waals surface area (Å²) in [5, 5.41) is 37.6. The van der Waals surface area contributed by atoms with E-state index in [2.05, 4.69) is 6.92 Å². The van der Waals surface area contributed by atoms with Gasteiger partial charge in [0.1, 0.15) is 24.2 Å². The maximum absolute atomic E-state index is 12.5. The van der Waals surface area contributed by atoms with E-state index in [4.69, 9.17) is 9.84 Å². The molecule has 7 nitrogen and oxygen atoms in total. The third kappa shape index (κ3) is 7.41. The number of aromatic hydroxyl groups is 2. The quantitative estimate of drug-likeness (QED) is 0.253. The maximum Gasteiger partial charge on any atom is 0.310 e. The van der Waals surface area contributed by atoms with Gasteiger partial charge in [-0.15, -0.1) is 0 Å². The Balaban J connectivity index is 2.78. The molecule has 26 heavy (non-hydrogen) atoms. The molecule has 0 saturated carbocycles. The third-order valence-corrected chi connectivity index (χ3v) is 3.95. The van der Waals surface area contributed by atoms with Gasteiger partial charge in [0.2, 0.25) is 0 Å². The van der Waals surface area contributed by atoms with Crippen LogP contribution in [0.1, 0.15) is 61.4 Å². The van der Waals surface area contributed by atoms with E-state index in [1.165, 1.54) is 6.07 Å². The number of unbranched alkanes of at least 4 members (excludes halogenated alkanes) is 4. The summed E-state index contributed by atoms with van der Waals surface area (Å²) in [4.78, 5) is 24.3. The zero-order chi connectivity index (χ0) is 19.5. The first kappa shape index (κ1) is 21.9. The van der Waals surface area contributed by atoms with Crippen LogP contribution in [0.3, 0.4) is 0 Å². The lowest BCUT2D eigenvalue weighted by Gasteiger charge is -2.13. The molecule has 0 amide bonds. The van der Waals surface area contributed by atoms with Crippen LogP contribution in [-0.4, -0.2) is 51.5 Å². The first-order valence-electron chi connectivity index (χ1n) is 8.91. The molecule has 0 aliphatic rings. The van der Waals surface area contributed by atoms with Gasteiger partial charge in [0.25, 0.3) is 0 Å². The van der Waals surface area contributed by atoms with Crippen LogP contribution < -0.4 is 0 Å². The predicted octanol–water partition coefficient (Wildman–Crippen LogP) is 2.08. The molecule has 0 bridgehead atoms. The van der Waals surface area contributed by atoms with Crippen molar-refractivity contribution < 1.29 is 34.8 Å². The highest BCUT2D eigenvalue weighted by molar-refractivity contribution is 6.01. The molecule has 1 unspecified atom stereocenters. The normalized spacial score (nSPS) is 12.0. The number of hydrogen-bond donors (Lipinski definition) is 4. The largest absolute Gasteiger partial charge is 0.508 e. The second kappa shape index (κ2) is 11.5. The molecule has 146 valence electrons. The zero-order valence-electron chi connectivity index (χ0n) is 15.1. The van der Waals surface area contributed by atoms with Crippen LogP contribution in [0, 0.1) is 0 Å². The Labute approximate surface area is 153 Å². The van der Waals surface area contributed by atoms with Gasteiger partial charge in [0.15, 0.2) is 5.78 Å². The summed E-state index contributed by atoms with van der Waals surface area (Å²) in [6.45, 7) is 1.19. The van der Waals surface area contributed by atoms with Crippen molar-refractivity contribution >= 4 is 11.8 Å². The number of aliphatic hydroxyl groups excluding tert-OH is 2. The SMILES string of the molecule is CCCCCCCC(=O)c1c(O)cc(O)cc1CC(=O)OCC(O)CO. The average Bonchev–Trinajstić information content (AvgIpc) is 2.58. The van der Waals surface area contributed by atoms with Gasteiger partial charge < -0.3 is 25.2 Å². The lowest BCUT2D eigenvalue weighted by atomic mass is 9.96. The van der Waals surface area contributed by atoms with Crippen molar-refractivity contribution in [2.75, 3.05) is 13.2 Å². The van der Waals surface area contributed by atoms with E-state index in [1.54, 1.807) is 0 Å². The minimum Gasteiger partial charge on any atom is -0.508 e. The predicted molar refractivity (Wildman–Crippen MR) is 95.2 cm³/mol. The first-order chi connectivity index (χ1) is 12.4. The minimum absolute atomic E-state index is 0.0120. The molecular weight excluding hydrogens is 340 g/mol. The van der Waals surface area contributed by atoms with E-state index in [-0.39, 0.29) is 47.9 Å². The second-order valence-electron chi connectivity index (χ2n) is 6.28. The summed E-state index contributed by atoms with van der Waals surface area (Å²) in [6, 6.07) is 2.31. The van der Waals surface area contributed by atoms with Gasteiger partial charge in [0.05, 0.1) is 18.6 Å². The summed E-state index contributed by atoms with van der Waals surface area (Å²) >= 11 is 0. The number of esters is 1. The summed E-state index contributed by atoms with van der Waals surface area (Å²) < 4.78 is 4.82. The molecule has 0 fully saturated rings. The van der Waals surface area contributed by atoms with Crippen molar-refractivity contribution in [1.29, 1.82) is 0 Å². The van der Waals surface area contributed by atoms with Gasteiger partial charge in [-0.3, -0.25) is 9.59 Å².